The number of nitrogens with two attached hydrogens (primary N) is 1. The molecule has 0 aliphatic carbocycles. The number of hydrogen-bond donors (Lipinski definition) is 3. The molecule has 3 aromatic rings. The molecule has 0 fully saturated rings. The van der Waals surface area contributed by atoms with E-state index >= 15 is 0 Å². The zero-order chi connectivity index (χ0) is 17.3. The van der Waals surface area contributed by atoms with Crippen LogP contribution in [0.4, 0.5) is 0 Å². The molecule has 0 atom stereocenters. The summed E-state index contributed by atoms with van der Waals surface area (Å²) in [5, 5.41) is 1.41. The minimum atomic E-state index is -3.55. The molecule has 0 radical (unpaired) electrons. The summed E-state index contributed by atoms with van der Waals surface area (Å²) in [5.74, 6) is 0. The van der Waals surface area contributed by atoms with Gasteiger partial charge in [-0.3, -0.25) is 0 Å². The molecule has 8 heteroatoms. The van der Waals surface area contributed by atoms with E-state index in [-0.39, 0.29) is 18.0 Å². The number of fused-ring (bicyclic) bond motifs is 1. The van der Waals surface area contributed by atoms with Crippen LogP contribution in [0.3, 0.4) is 0 Å². The van der Waals surface area contributed by atoms with Crippen molar-refractivity contribution in [2.75, 3.05) is 13.1 Å². The van der Waals surface area contributed by atoms with Crippen molar-refractivity contribution < 1.29 is 8.42 Å². The van der Waals surface area contributed by atoms with Crippen molar-refractivity contribution in [3.63, 3.8) is 0 Å². The molecule has 1 aromatic carbocycles. The first-order valence-corrected chi connectivity index (χ1v) is 9.22. The fraction of sp³-hybridized carbons (Fsp3) is 0.188. The average Bonchev–Trinajstić information content (AvgIpc) is 2.93. The summed E-state index contributed by atoms with van der Waals surface area (Å²) in [6, 6.07) is 8.55. The maximum Gasteiger partial charge on any atom is 0.240 e. The number of pyridine rings is 1. The van der Waals surface area contributed by atoms with Crippen molar-refractivity contribution in [2.45, 2.75) is 11.8 Å². The highest BCUT2D eigenvalue weighted by Crippen LogP contribution is 2.34. The zero-order valence-electron chi connectivity index (χ0n) is 13.0. The first-order valence-electron chi connectivity index (χ1n) is 7.36. The van der Waals surface area contributed by atoms with E-state index in [2.05, 4.69) is 14.7 Å². The predicted octanol–water partition coefficient (Wildman–Crippen LogP) is 2.43. The van der Waals surface area contributed by atoms with Crippen LogP contribution in [0.15, 0.2) is 41.4 Å². The lowest BCUT2D eigenvalue weighted by Crippen LogP contribution is -2.29. The lowest BCUT2D eigenvalue weighted by molar-refractivity contribution is 0.582. The Kier molecular flexibility index (Phi) is 4.60. The predicted molar refractivity (Wildman–Crippen MR) is 95.5 cm³/mol. The molecule has 0 saturated carbocycles. The first kappa shape index (κ1) is 16.9. The van der Waals surface area contributed by atoms with Gasteiger partial charge in [0.05, 0.1) is 9.92 Å². The Morgan fingerprint density at radius 2 is 2.00 bits per heavy atom. The van der Waals surface area contributed by atoms with E-state index < -0.39 is 10.0 Å². The maximum absolute atomic E-state index is 12.1. The highest BCUT2D eigenvalue weighted by molar-refractivity contribution is 7.89. The number of nitrogens with one attached hydrogen (secondary N) is 2. The number of rotatable bonds is 5. The van der Waals surface area contributed by atoms with Gasteiger partial charge in [-0.15, -0.1) is 0 Å². The van der Waals surface area contributed by atoms with E-state index in [9.17, 15) is 8.42 Å². The minimum Gasteiger partial charge on any atom is -0.344 e. The maximum atomic E-state index is 12.1. The Labute approximate surface area is 145 Å². The Morgan fingerprint density at radius 1 is 1.29 bits per heavy atom. The van der Waals surface area contributed by atoms with Crippen LogP contribution in [-0.4, -0.2) is 31.5 Å². The number of aromatic nitrogens is 2. The molecule has 24 heavy (non-hydrogen) atoms. The van der Waals surface area contributed by atoms with Gasteiger partial charge in [0.1, 0.15) is 5.65 Å². The number of benzene rings is 1. The smallest absolute Gasteiger partial charge is 0.240 e. The summed E-state index contributed by atoms with van der Waals surface area (Å²) < 4.78 is 26.7. The molecule has 2 aromatic heterocycles. The number of halogens is 1. The molecule has 3 rings (SSSR count). The molecule has 0 aliphatic rings. The van der Waals surface area contributed by atoms with Crippen LogP contribution in [0.1, 0.15) is 5.69 Å². The molecular weight excluding hydrogens is 348 g/mol. The second kappa shape index (κ2) is 6.52. The van der Waals surface area contributed by atoms with Gasteiger partial charge in [-0.1, -0.05) is 23.7 Å². The van der Waals surface area contributed by atoms with E-state index in [1.54, 1.807) is 30.5 Å². The molecule has 4 N–H and O–H groups in total. The third-order valence-corrected chi connectivity index (χ3v) is 5.40. The fourth-order valence-corrected chi connectivity index (χ4v) is 3.86. The van der Waals surface area contributed by atoms with Crippen LogP contribution in [-0.2, 0) is 10.0 Å². The number of nitrogens with zero attached hydrogens (tertiary/aromatic N) is 1. The third kappa shape index (κ3) is 3.16. The van der Waals surface area contributed by atoms with Gasteiger partial charge in [0.15, 0.2) is 0 Å². The molecule has 0 unspecified atom stereocenters. The number of H-pyrrole nitrogens is 1. The molecule has 2 heterocycles. The largest absolute Gasteiger partial charge is 0.344 e. The van der Waals surface area contributed by atoms with Crippen molar-refractivity contribution >= 4 is 32.7 Å². The van der Waals surface area contributed by atoms with Crippen LogP contribution in [0.5, 0.6) is 0 Å². The molecule has 0 amide bonds. The molecular formula is C16H17ClN4O2S. The van der Waals surface area contributed by atoms with Crippen LogP contribution in [0.25, 0.3) is 22.2 Å². The summed E-state index contributed by atoms with van der Waals surface area (Å²) in [6.07, 6.45) is 1.59. The number of sulfonamides is 1. The van der Waals surface area contributed by atoms with Gasteiger partial charge in [-0.05, 0) is 30.7 Å². The minimum absolute atomic E-state index is 0.186. The monoisotopic (exact) mass is 364 g/mol. The fourth-order valence-electron chi connectivity index (χ4n) is 2.55. The van der Waals surface area contributed by atoms with Crippen LogP contribution < -0.4 is 10.5 Å². The Morgan fingerprint density at radius 3 is 2.67 bits per heavy atom. The molecule has 6 nitrogen and oxygen atoms in total. The standard InChI is InChI=1S/C16H17ClN4O2S/c1-10-8-13-15(14(17)9-19-16(13)21-10)11-2-4-12(5-3-11)24(22,23)20-7-6-18/h2-5,8-9,20H,6-7,18H2,1H3,(H,19,21). The van der Waals surface area contributed by atoms with Gasteiger partial charge in [-0.2, -0.15) is 0 Å². The number of aryl methyl sites for hydroxylation is 1. The van der Waals surface area contributed by atoms with Gasteiger partial charge in [0.25, 0.3) is 0 Å². The summed E-state index contributed by atoms with van der Waals surface area (Å²) >= 11 is 6.32. The SMILES string of the molecule is Cc1cc2c(-c3ccc(S(=O)(=O)NCCN)cc3)c(Cl)cnc2[nH]1. The summed E-state index contributed by atoms with van der Waals surface area (Å²) in [7, 11) is -3.55. The van der Waals surface area contributed by atoms with Gasteiger partial charge < -0.3 is 10.7 Å². The molecule has 0 spiro atoms. The molecule has 126 valence electrons. The van der Waals surface area contributed by atoms with Gasteiger partial charge >= 0.3 is 0 Å². The average molecular weight is 365 g/mol. The molecule has 0 aliphatic heterocycles. The number of aromatic amines is 1. The van der Waals surface area contributed by atoms with E-state index in [0.29, 0.717) is 5.02 Å². The second-order valence-electron chi connectivity index (χ2n) is 5.41. The summed E-state index contributed by atoms with van der Waals surface area (Å²) in [4.78, 5) is 7.63. The van der Waals surface area contributed by atoms with Gasteiger partial charge in [-0.25, -0.2) is 18.1 Å². The van der Waals surface area contributed by atoms with E-state index in [1.807, 2.05) is 13.0 Å². The molecule has 0 bridgehead atoms. The zero-order valence-corrected chi connectivity index (χ0v) is 14.6. The van der Waals surface area contributed by atoms with Gasteiger partial charge in [0.2, 0.25) is 10.0 Å². The highest BCUT2D eigenvalue weighted by atomic mass is 35.5. The second-order valence-corrected chi connectivity index (χ2v) is 7.58. The topological polar surface area (TPSA) is 101 Å². The Balaban J connectivity index is 2.05. The van der Waals surface area contributed by atoms with Crippen molar-refractivity contribution in [1.29, 1.82) is 0 Å². The van der Waals surface area contributed by atoms with Crippen LogP contribution >= 0.6 is 11.6 Å². The summed E-state index contributed by atoms with van der Waals surface area (Å²) in [5.41, 5.74) is 8.70. The Hall–Kier alpha value is -1.93. The lowest BCUT2D eigenvalue weighted by atomic mass is 10.0. The lowest BCUT2D eigenvalue weighted by Gasteiger charge is -2.09. The van der Waals surface area contributed by atoms with E-state index in [0.717, 1.165) is 27.9 Å². The van der Waals surface area contributed by atoms with Crippen molar-refractivity contribution in [2.24, 2.45) is 5.73 Å². The normalized spacial score (nSPS) is 12.0. The van der Waals surface area contributed by atoms with Crippen molar-refractivity contribution in [3.8, 4) is 11.1 Å². The third-order valence-electron chi connectivity index (χ3n) is 3.64. The van der Waals surface area contributed by atoms with Crippen LogP contribution in [0, 0.1) is 6.92 Å². The van der Waals surface area contributed by atoms with Crippen molar-refractivity contribution in [3.05, 3.63) is 47.2 Å². The molecule has 0 saturated heterocycles. The van der Waals surface area contributed by atoms with Gasteiger partial charge in [0, 0.05) is 35.9 Å². The van der Waals surface area contributed by atoms with Crippen LogP contribution in [0.2, 0.25) is 5.02 Å². The quantitative estimate of drug-likeness (QED) is 0.647. The van der Waals surface area contributed by atoms with E-state index in [1.165, 1.54) is 0 Å². The highest BCUT2D eigenvalue weighted by Gasteiger charge is 2.15. The number of hydrogen-bond acceptors (Lipinski definition) is 4. The van der Waals surface area contributed by atoms with E-state index in [4.69, 9.17) is 17.3 Å². The summed E-state index contributed by atoms with van der Waals surface area (Å²) in [6.45, 7) is 2.39. The van der Waals surface area contributed by atoms with Crippen molar-refractivity contribution in [1.82, 2.24) is 14.7 Å². The Bertz CT molecular complexity index is 981. The first-order chi connectivity index (χ1) is 11.4.